The highest BCUT2D eigenvalue weighted by molar-refractivity contribution is 6.31. The number of rotatable bonds is 10. The van der Waals surface area contributed by atoms with Gasteiger partial charge in [-0.15, -0.1) is 0 Å². The molecule has 1 aliphatic rings. The van der Waals surface area contributed by atoms with Crippen LogP contribution in [0.5, 0.6) is 0 Å². The summed E-state index contributed by atoms with van der Waals surface area (Å²) in [5, 5.41) is 4.00. The van der Waals surface area contributed by atoms with E-state index in [1.165, 1.54) is 0 Å². The Morgan fingerprint density at radius 1 is 1.19 bits per heavy atom. The van der Waals surface area contributed by atoms with Gasteiger partial charge in [0.25, 0.3) is 0 Å². The Kier molecular flexibility index (Phi) is 7.84. The van der Waals surface area contributed by atoms with E-state index in [2.05, 4.69) is 17.5 Å². The number of nitrogens with one attached hydrogen (secondary N) is 1. The number of hydrogen-bond donors (Lipinski definition) is 3. The Balaban J connectivity index is 1.90. The summed E-state index contributed by atoms with van der Waals surface area (Å²) < 4.78 is 5.69. The van der Waals surface area contributed by atoms with E-state index in [4.69, 9.17) is 27.8 Å². The minimum atomic E-state index is -0.517. The van der Waals surface area contributed by atoms with Crippen LogP contribution in [0.2, 0.25) is 5.02 Å². The number of benzene rings is 1. The zero-order valence-corrected chi connectivity index (χ0v) is 16.0. The lowest BCUT2D eigenvalue weighted by molar-refractivity contribution is -0.122. The Labute approximate surface area is 164 Å². The molecule has 1 aliphatic heterocycles. The molecule has 0 radical (unpaired) electrons. The van der Waals surface area contributed by atoms with Gasteiger partial charge in [-0.05, 0) is 18.6 Å². The third kappa shape index (κ3) is 7.05. The van der Waals surface area contributed by atoms with Crippen molar-refractivity contribution in [3.05, 3.63) is 58.4 Å². The molecule has 0 bridgehead atoms. The second kappa shape index (κ2) is 10.1. The zero-order valence-electron chi connectivity index (χ0n) is 15.3. The lowest BCUT2D eigenvalue weighted by atomic mass is 9.94. The summed E-state index contributed by atoms with van der Waals surface area (Å²) in [7, 11) is 0. The number of ether oxygens (including phenoxy) is 1. The molecule has 1 atom stereocenters. The maximum absolute atomic E-state index is 11.1. The molecule has 0 saturated carbocycles. The molecule has 2 amide bonds. The van der Waals surface area contributed by atoms with Crippen LogP contribution in [0.1, 0.15) is 18.4 Å². The molecule has 2 rings (SSSR count). The Morgan fingerprint density at radius 2 is 1.85 bits per heavy atom. The van der Waals surface area contributed by atoms with Crippen molar-refractivity contribution in [2.75, 3.05) is 32.8 Å². The van der Waals surface area contributed by atoms with Crippen LogP contribution in [0.25, 0.3) is 0 Å². The number of carbonyl (C=O) groups excluding carboxylic acids is 2. The minimum Gasteiger partial charge on any atom is -0.374 e. The van der Waals surface area contributed by atoms with Crippen LogP contribution in [0.4, 0.5) is 0 Å². The van der Waals surface area contributed by atoms with E-state index in [-0.39, 0.29) is 19.0 Å². The van der Waals surface area contributed by atoms with E-state index in [0.717, 1.165) is 22.0 Å². The fraction of sp³-hybridized carbons (Fsp3) is 0.368. The Morgan fingerprint density at radius 3 is 2.48 bits per heavy atom. The van der Waals surface area contributed by atoms with E-state index in [9.17, 15) is 9.59 Å². The highest BCUT2D eigenvalue weighted by atomic mass is 35.5. The predicted molar refractivity (Wildman–Crippen MR) is 105 cm³/mol. The number of amides is 2. The van der Waals surface area contributed by atoms with E-state index in [1.54, 1.807) is 4.90 Å². The predicted octanol–water partition coefficient (Wildman–Crippen LogP) is 1.10. The Bertz CT molecular complexity index is 732. The highest BCUT2D eigenvalue weighted by Gasteiger charge is 2.16. The first-order valence-corrected chi connectivity index (χ1v) is 9.00. The molecule has 7 nitrogen and oxygen atoms in total. The lowest BCUT2D eigenvalue weighted by Crippen LogP contribution is -2.41. The topological polar surface area (TPSA) is 111 Å². The van der Waals surface area contributed by atoms with Crippen molar-refractivity contribution in [3.8, 4) is 0 Å². The molecule has 0 spiro atoms. The monoisotopic (exact) mass is 392 g/mol. The van der Waals surface area contributed by atoms with E-state index in [1.807, 2.05) is 31.2 Å². The van der Waals surface area contributed by atoms with Crippen molar-refractivity contribution >= 4 is 23.4 Å². The number of dihydropyridines is 1. The fourth-order valence-electron chi connectivity index (χ4n) is 2.91. The molecule has 1 aromatic carbocycles. The van der Waals surface area contributed by atoms with Crippen molar-refractivity contribution in [1.29, 1.82) is 0 Å². The molecular formula is C19H25ClN4O3. The summed E-state index contributed by atoms with van der Waals surface area (Å²) in [6, 6.07) is 7.74. The average molecular weight is 393 g/mol. The summed E-state index contributed by atoms with van der Waals surface area (Å²) in [6.07, 6.45) is 4.17. The summed E-state index contributed by atoms with van der Waals surface area (Å²) >= 11 is 6.31. The number of nitrogens with zero attached hydrogens (tertiary/aromatic N) is 1. The fourth-order valence-corrected chi connectivity index (χ4v) is 3.17. The molecule has 0 fully saturated rings. The van der Waals surface area contributed by atoms with Crippen molar-refractivity contribution in [1.82, 2.24) is 10.2 Å². The van der Waals surface area contributed by atoms with Gasteiger partial charge >= 0.3 is 0 Å². The third-order valence-corrected chi connectivity index (χ3v) is 4.34. The van der Waals surface area contributed by atoms with Gasteiger partial charge in [0.2, 0.25) is 11.8 Å². The van der Waals surface area contributed by atoms with E-state index in [0.29, 0.717) is 19.8 Å². The van der Waals surface area contributed by atoms with Crippen LogP contribution < -0.4 is 16.8 Å². The van der Waals surface area contributed by atoms with Gasteiger partial charge in [-0.25, -0.2) is 0 Å². The molecule has 1 aromatic rings. The highest BCUT2D eigenvalue weighted by Crippen LogP contribution is 2.30. The number of allylic oxidation sites excluding steroid dienone is 3. The largest absolute Gasteiger partial charge is 0.374 e. The number of hydrogen-bond acceptors (Lipinski definition) is 5. The van der Waals surface area contributed by atoms with Crippen LogP contribution in [0.15, 0.2) is 47.8 Å². The lowest BCUT2D eigenvalue weighted by Gasteiger charge is -2.23. The maximum Gasteiger partial charge on any atom is 0.231 e. The molecule has 1 unspecified atom stereocenters. The van der Waals surface area contributed by atoms with Crippen molar-refractivity contribution in [3.63, 3.8) is 0 Å². The zero-order chi connectivity index (χ0) is 19.8. The molecule has 146 valence electrons. The first kappa shape index (κ1) is 21.0. The third-order valence-electron chi connectivity index (χ3n) is 4.00. The van der Waals surface area contributed by atoms with Gasteiger partial charge in [-0.3, -0.25) is 14.5 Å². The summed E-state index contributed by atoms with van der Waals surface area (Å²) in [6.45, 7) is 2.99. The molecule has 1 heterocycles. The molecule has 27 heavy (non-hydrogen) atoms. The summed E-state index contributed by atoms with van der Waals surface area (Å²) in [5.74, 6) is -0.965. The van der Waals surface area contributed by atoms with Crippen LogP contribution in [-0.2, 0) is 14.3 Å². The number of nitrogens with two attached hydrogens (primary N) is 2. The summed E-state index contributed by atoms with van der Waals surface area (Å²) in [4.78, 5) is 23.7. The number of halogens is 1. The normalized spacial score (nSPS) is 16.5. The van der Waals surface area contributed by atoms with Gasteiger partial charge in [0.15, 0.2) is 0 Å². The quantitative estimate of drug-likeness (QED) is 0.516. The summed E-state index contributed by atoms with van der Waals surface area (Å²) in [5.41, 5.74) is 13.3. The molecule has 8 heteroatoms. The standard InChI is InChI=1S/C19H25ClN4O3/c1-13-8-14(16-4-2-3-5-17(16)20)9-15(23-13)12-27-7-6-24(10-18(21)25)11-19(22)26/h2-5,8-9,14,23H,6-7,10-12H2,1H3,(H2,21,25)(H2,22,26). The van der Waals surface area contributed by atoms with Crippen LogP contribution in [0.3, 0.4) is 0 Å². The van der Waals surface area contributed by atoms with Crippen LogP contribution in [0, 0.1) is 0 Å². The van der Waals surface area contributed by atoms with Gasteiger partial charge in [-0.1, -0.05) is 42.0 Å². The molecule has 5 N–H and O–H groups in total. The molecule has 0 saturated heterocycles. The van der Waals surface area contributed by atoms with Crippen LogP contribution in [-0.4, -0.2) is 49.6 Å². The van der Waals surface area contributed by atoms with Crippen molar-refractivity contribution < 1.29 is 14.3 Å². The van der Waals surface area contributed by atoms with Gasteiger partial charge < -0.3 is 21.5 Å². The van der Waals surface area contributed by atoms with Crippen LogP contribution >= 0.6 is 11.6 Å². The first-order chi connectivity index (χ1) is 12.8. The second-order valence-electron chi connectivity index (χ2n) is 6.41. The van der Waals surface area contributed by atoms with Crippen molar-refractivity contribution in [2.45, 2.75) is 12.8 Å². The minimum absolute atomic E-state index is 0.0380. The van der Waals surface area contributed by atoms with Gasteiger partial charge in [0.05, 0.1) is 26.3 Å². The number of carbonyl (C=O) groups is 2. The van der Waals surface area contributed by atoms with E-state index >= 15 is 0 Å². The Hall–Kier alpha value is -2.35. The van der Waals surface area contributed by atoms with Gasteiger partial charge in [0.1, 0.15) is 0 Å². The van der Waals surface area contributed by atoms with Crippen molar-refractivity contribution in [2.24, 2.45) is 11.5 Å². The molecular weight excluding hydrogens is 368 g/mol. The number of primary amides is 2. The second-order valence-corrected chi connectivity index (χ2v) is 6.82. The molecule has 0 aromatic heterocycles. The van der Waals surface area contributed by atoms with E-state index < -0.39 is 11.8 Å². The molecule has 0 aliphatic carbocycles. The van der Waals surface area contributed by atoms with Gasteiger partial charge in [0, 0.05) is 28.9 Å². The first-order valence-electron chi connectivity index (χ1n) is 8.62. The van der Waals surface area contributed by atoms with Gasteiger partial charge in [-0.2, -0.15) is 0 Å². The average Bonchev–Trinajstić information content (AvgIpc) is 2.57. The smallest absolute Gasteiger partial charge is 0.231 e. The SMILES string of the molecule is CC1=CC(c2ccccc2Cl)C=C(COCCN(CC(N)=O)CC(N)=O)N1. The maximum atomic E-state index is 11.1.